The summed E-state index contributed by atoms with van der Waals surface area (Å²) in [4.78, 5) is 14.3. The average molecular weight is 366 g/mol. The molecule has 0 bridgehead atoms. The van der Waals surface area contributed by atoms with Crippen LogP contribution < -0.4 is 0 Å². The van der Waals surface area contributed by atoms with E-state index in [0.29, 0.717) is 19.0 Å². The molecule has 0 aliphatic carbocycles. The standard InChI is InChI=1S/C16H22N4O4S/c1-18(2)25(22,23)15-7-14(11-24-15)16(21)20-5-4-12(10-20)6-13-8-17-19(3)9-13/h7-9,11-12H,4-6,10H2,1-3H3. The van der Waals surface area contributed by atoms with Gasteiger partial charge in [0.25, 0.3) is 15.9 Å². The van der Waals surface area contributed by atoms with Crippen molar-refractivity contribution in [3.05, 3.63) is 35.9 Å². The Morgan fingerprint density at radius 3 is 2.84 bits per heavy atom. The number of hydrogen-bond acceptors (Lipinski definition) is 5. The number of hydrogen-bond donors (Lipinski definition) is 0. The summed E-state index contributed by atoms with van der Waals surface area (Å²) in [6.45, 7) is 1.30. The van der Waals surface area contributed by atoms with Crippen molar-refractivity contribution < 1.29 is 17.6 Å². The van der Waals surface area contributed by atoms with Gasteiger partial charge in [0.2, 0.25) is 5.09 Å². The van der Waals surface area contributed by atoms with E-state index < -0.39 is 10.0 Å². The highest BCUT2D eigenvalue weighted by Crippen LogP contribution is 2.24. The Hall–Kier alpha value is -2.13. The maximum absolute atomic E-state index is 12.6. The minimum atomic E-state index is -3.68. The molecule has 2 aromatic heterocycles. The van der Waals surface area contributed by atoms with Crippen LogP contribution in [0.4, 0.5) is 0 Å². The van der Waals surface area contributed by atoms with Gasteiger partial charge in [0.15, 0.2) is 0 Å². The van der Waals surface area contributed by atoms with E-state index in [-0.39, 0.29) is 16.6 Å². The van der Waals surface area contributed by atoms with E-state index in [1.54, 1.807) is 9.58 Å². The first-order valence-corrected chi connectivity index (χ1v) is 9.49. The van der Waals surface area contributed by atoms with Crippen LogP contribution in [0, 0.1) is 5.92 Å². The van der Waals surface area contributed by atoms with Gasteiger partial charge in [-0.25, -0.2) is 12.7 Å². The Kier molecular flexibility index (Phi) is 4.70. The second-order valence-corrected chi connectivity index (χ2v) is 8.66. The fourth-order valence-corrected chi connectivity index (χ4v) is 3.83. The number of likely N-dealkylation sites (tertiary alicyclic amines) is 1. The molecule has 0 aromatic carbocycles. The van der Waals surface area contributed by atoms with E-state index in [9.17, 15) is 13.2 Å². The molecule has 8 nitrogen and oxygen atoms in total. The van der Waals surface area contributed by atoms with Gasteiger partial charge < -0.3 is 9.32 Å². The van der Waals surface area contributed by atoms with Crippen molar-refractivity contribution in [2.24, 2.45) is 13.0 Å². The predicted octanol–water partition coefficient (Wildman–Crippen LogP) is 0.968. The van der Waals surface area contributed by atoms with Crippen LogP contribution in [0.1, 0.15) is 22.3 Å². The van der Waals surface area contributed by atoms with Gasteiger partial charge >= 0.3 is 0 Å². The van der Waals surface area contributed by atoms with Crippen molar-refractivity contribution in [3.8, 4) is 0 Å². The molecule has 1 aliphatic heterocycles. The topological polar surface area (TPSA) is 88.7 Å². The van der Waals surface area contributed by atoms with Gasteiger partial charge in [-0.3, -0.25) is 9.48 Å². The molecule has 3 heterocycles. The summed E-state index contributed by atoms with van der Waals surface area (Å²) in [7, 11) is 1.04. The monoisotopic (exact) mass is 366 g/mol. The summed E-state index contributed by atoms with van der Waals surface area (Å²) in [6.07, 6.45) is 6.84. The minimum Gasteiger partial charge on any atom is -0.451 e. The van der Waals surface area contributed by atoms with E-state index in [0.717, 1.165) is 22.7 Å². The van der Waals surface area contributed by atoms with Crippen molar-refractivity contribution >= 4 is 15.9 Å². The number of rotatable bonds is 5. The molecule has 1 atom stereocenters. The minimum absolute atomic E-state index is 0.197. The number of aryl methyl sites for hydroxylation is 1. The number of amides is 1. The van der Waals surface area contributed by atoms with Crippen LogP contribution in [0.2, 0.25) is 0 Å². The first-order chi connectivity index (χ1) is 11.8. The van der Waals surface area contributed by atoms with Crippen molar-refractivity contribution in [1.29, 1.82) is 0 Å². The maximum Gasteiger partial charge on any atom is 0.275 e. The van der Waals surface area contributed by atoms with Crippen LogP contribution in [-0.4, -0.2) is 60.5 Å². The molecule has 2 aromatic rings. The molecule has 0 N–H and O–H groups in total. The van der Waals surface area contributed by atoms with Crippen LogP contribution in [0.3, 0.4) is 0 Å². The fraction of sp³-hybridized carbons (Fsp3) is 0.500. The van der Waals surface area contributed by atoms with Crippen LogP contribution in [-0.2, 0) is 23.5 Å². The fourth-order valence-electron chi connectivity index (χ4n) is 3.02. The molecule has 3 rings (SSSR count). The van der Waals surface area contributed by atoms with Crippen molar-refractivity contribution in [3.63, 3.8) is 0 Å². The molecule has 136 valence electrons. The predicted molar refractivity (Wildman–Crippen MR) is 90.5 cm³/mol. The zero-order valence-corrected chi connectivity index (χ0v) is 15.4. The van der Waals surface area contributed by atoms with E-state index in [1.165, 1.54) is 26.4 Å². The first kappa shape index (κ1) is 17.7. The zero-order chi connectivity index (χ0) is 18.2. The van der Waals surface area contributed by atoms with E-state index in [2.05, 4.69) is 5.10 Å². The first-order valence-electron chi connectivity index (χ1n) is 8.05. The SMILES string of the molecule is CN(C)S(=O)(=O)c1cc(C(=O)N2CCC(Cc3cnn(C)c3)C2)co1. The normalized spacial score (nSPS) is 18.2. The lowest BCUT2D eigenvalue weighted by Gasteiger charge is -2.15. The van der Waals surface area contributed by atoms with Gasteiger partial charge in [-0.15, -0.1) is 0 Å². The van der Waals surface area contributed by atoms with Crippen molar-refractivity contribution in [2.45, 2.75) is 17.9 Å². The van der Waals surface area contributed by atoms with Gasteiger partial charge in [-0.1, -0.05) is 0 Å². The Morgan fingerprint density at radius 2 is 2.20 bits per heavy atom. The van der Waals surface area contributed by atoms with Crippen molar-refractivity contribution in [1.82, 2.24) is 19.0 Å². The Balaban J connectivity index is 1.65. The van der Waals surface area contributed by atoms with Crippen LogP contribution >= 0.6 is 0 Å². The summed E-state index contributed by atoms with van der Waals surface area (Å²) in [5, 5.41) is 3.95. The molecule has 0 spiro atoms. The third-order valence-electron chi connectivity index (χ3n) is 4.41. The van der Waals surface area contributed by atoms with Crippen LogP contribution in [0.25, 0.3) is 0 Å². The molecule has 1 unspecified atom stereocenters. The largest absolute Gasteiger partial charge is 0.451 e. The molecule has 1 amide bonds. The molecule has 9 heteroatoms. The molecular formula is C16H22N4O4S. The summed E-state index contributed by atoms with van der Waals surface area (Å²) >= 11 is 0. The lowest BCUT2D eigenvalue weighted by molar-refractivity contribution is 0.0786. The number of carbonyl (C=O) groups is 1. The van der Waals surface area contributed by atoms with Gasteiger partial charge in [0.05, 0.1) is 11.8 Å². The van der Waals surface area contributed by atoms with Gasteiger partial charge in [-0.2, -0.15) is 5.10 Å². The Labute approximate surface area is 147 Å². The highest BCUT2D eigenvalue weighted by atomic mass is 32.2. The molecule has 0 saturated carbocycles. The highest BCUT2D eigenvalue weighted by molar-refractivity contribution is 7.88. The number of sulfonamides is 1. The van der Waals surface area contributed by atoms with Crippen LogP contribution in [0.15, 0.2) is 34.2 Å². The molecule has 25 heavy (non-hydrogen) atoms. The van der Waals surface area contributed by atoms with Gasteiger partial charge in [0, 0.05) is 46.5 Å². The quantitative estimate of drug-likeness (QED) is 0.787. The third-order valence-corrected chi connectivity index (χ3v) is 6.10. The molecule has 1 fully saturated rings. The molecule has 1 saturated heterocycles. The number of carbonyl (C=O) groups excluding carboxylic acids is 1. The lowest BCUT2D eigenvalue weighted by Crippen LogP contribution is -2.28. The number of furan rings is 1. The summed E-state index contributed by atoms with van der Waals surface area (Å²) in [5.74, 6) is 0.183. The maximum atomic E-state index is 12.6. The smallest absolute Gasteiger partial charge is 0.275 e. The van der Waals surface area contributed by atoms with Gasteiger partial charge in [0.1, 0.15) is 6.26 Å². The second-order valence-electron chi connectivity index (χ2n) is 6.57. The molecular weight excluding hydrogens is 344 g/mol. The third kappa shape index (κ3) is 3.62. The average Bonchev–Trinajstić information content (AvgIpc) is 3.28. The lowest BCUT2D eigenvalue weighted by atomic mass is 10.0. The summed E-state index contributed by atoms with van der Waals surface area (Å²) < 4.78 is 32.0. The second kappa shape index (κ2) is 6.64. The van der Waals surface area contributed by atoms with Crippen LogP contribution in [0.5, 0.6) is 0 Å². The Bertz CT molecular complexity index is 868. The van der Waals surface area contributed by atoms with Crippen molar-refractivity contribution in [2.75, 3.05) is 27.2 Å². The van der Waals surface area contributed by atoms with E-state index in [4.69, 9.17) is 4.42 Å². The molecule has 1 aliphatic rings. The summed E-state index contributed by atoms with van der Waals surface area (Å²) in [5.41, 5.74) is 1.42. The molecule has 0 radical (unpaired) electrons. The Morgan fingerprint density at radius 1 is 1.44 bits per heavy atom. The zero-order valence-electron chi connectivity index (χ0n) is 14.5. The highest BCUT2D eigenvalue weighted by Gasteiger charge is 2.30. The number of aromatic nitrogens is 2. The van der Waals surface area contributed by atoms with Gasteiger partial charge in [-0.05, 0) is 24.3 Å². The number of nitrogens with zero attached hydrogens (tertiary/aromatic N) is 4. The summed E-state index contributed by atoms with van der Waals surface area (Å²) in [6, 6.07) is 1.30. The van der Waals surface area contributed by atoms with E-state index in [1.807, 2.05) is 19.4 Å². The van der Waals surface area contributed by atoms with E-state index >= 15 is 0 Å².